The molecule has 0 aliphatic heterocycles. The van der Waals surface area contributed by atoms with Crippen LogP contribution in [0.1, 0.15) is 123 Å². The predicted octanol–water partition coefficient (Wildman–Crippen LogP) is 8.45. The van der Waals surface area contributed by atoms with E-state index >= 15 is 0 Å². The Balaban J connectivity index is 0.000000298. The number of allylic oxidation sites excluding steroid dienone is 1. The first-order valence-electron chi connectivity index (χ1n) is 14.0. The first kappa shape index (κ1) is 31.7. The van der Waals surface area contributed by atoms with Crippen molar-refractivity contribution in [3.05, 3.63) is 48.6 Å². The van der Waals surface area contributed by atoms with Crippen LogP contribution >= 0.6 is 0 Å². The summed E-state index contributed by atoms with van der Waals surface area (Å²) in [6.07, 6.45) is 13.0. The van der Waals surface area contributed by atoms with Crippen molar-refractivity contribution in [3.8, 4) is 0 Å². The quantitative estimate of drug-likeness (QED) is 0.340. The SMILES string of the molecule is C=CC(=O)CC.CC1CCCCC1=N[C@H](C)c1ccccc1.CCC(=O)CC[C@]1(C)CCCCC1=O. The van der Waals surface area contributed by atoms with E-state index in [1.54, 1.807) is 0 Å². The zero-order valence-corrected chi connectivity index (χ0v) is 23.5. The van der Waals surface area contributed by atoms with Crippen LogP contribution in [-0.4, -0.2) is 23.1 Å². The van der Waals surface area contributed by atoms with Gasteiger partial charge in [0.25, 0.3) is 0 Å². The molecule has 200 valence electrons. The summed E-state index contributed by atoms with van der Waals surface area (Å²) in [5.41, 5.74) is 2.57. The minimum atomic E-state index is -0.191. The van der Waals surface area contributed by atoms with Gasteiger partial charge in [0.2, 0.25) is 0 Å². The van der Waals surface area contributed by atoms with Crippen LogP contribution in [0, 0.1) is 11.3 Å². The number of hydrogen-bond donors (Lipinski definition) is 0. The molecule has 2 aliphatic rings. The van der Waals surface area contributed by atoms with Gasteiger partial charge in [0, 0.05) is 36.8 Å². The van der Waals surface area contributed by atoms with Crippen LogP contribution in [-0.2, 0) is 14.4 Å². The van der Waals surface area contributed by atoms with E-state index in [0.29, 0.717) is 37.0 Å². The fraction of sp³-hybridized carbons (Fsp3) is 0.625. The molecule has 4 heteroatoms. The summed E-state index contributed by atoms with van der Waals surface area (Å²) in [5.74, 6) is 1.45. The van der Waals surface area contributed by atoms with Crippen molar-refractivity contribution in [3.63, 3.8) is 0 Å². The number of hydrogen-bond acceptors (Lipinski definition) is 4. The third-order valence-electron chi connectivity index (χ3n) is 7.51. The van der Waals surface area contributed by atoms with Crippen molar-refractivity contribution in [2.75, 3.05) is 0 Å². The van der Waals surface area contributed by atoms with Gasteiger partial charge in [-0.3, -0.25) is 19.4 Å². The second-order valence-electron chi connectivity index (χ2n) is 10.5. The number of carbonyl (C=O) groups excluding carboxylic acids is 3. The summed E-state index contributed by atoms with van der Waals surface area (Å²) in [6, 6.07) is 10.9. The third-order valence-corrected chi connectivity index (χ3v) is 7.51. The summed E-state index contributed by atoms with van der Waals surface area (Å²) in [5, 5.41) is 0. The summed E-state index contributed by atoms with van der Waals surface area (Å²) < 4.78 is 0. The van der Waals surface area contributed by atoms with Crippen molar-refractivity contribution >= 4 is 23.1 Å². The summed E-state index contributed by atoms with van der Waals surface area (Å²) in [4.78, 5) is 37.9. The molecule has 2 aliphatic carbocycles. The number of ketones is 3. The molecule has 1 aromatic carbocycles. The lowest BCUT2D eigenvalue weighted by atomic mass is 9.71. The van der Waals surface area contributed by atoms with Crippen molar-refractivity contribution in [1.82, 2.24) is 0 Å². The van der Waals surface area contributed by atoms with Gasteiger partial charge in [0.05, 0.1) is 6.04 Å². The van der Waals surface area contributed by atoms with Gasteiger partial charge in [0.1, 0.15) is 11.6 Å². The lowest BCUT2D eigenvalue weighted by Gasteiger charge is -2.31. The Hall–Kier alpha value is -2.36. The minimum Gasteiger partial charge on any atom is -0.300 e. The van der Waals surface area contributed by atoms with E-state index in [0.717, 1.165) is 32.1 Å². The summed E-state index contributed by atoms with van der Waals surface area (Å²) >= 11 is 0. The Labute approximate surface area is 220 Å². The molecule has 3 atom stereocenters. The highest BCUT2D eigenvalue weighted by atomic mass is 16.1. The molecule has 0 amide bonds. The zero-order valence-electron chi connectivity index (χ0n) is 23.5. The molecule has 1 aromatic rings. The fourth-order valence-electron chi connectivity index (χ4n) is 4.66. The van der Waals surface area contributed by atoms with E-state index in [1.165, 1.54) is 43.0 Å². The van der Waals surface area contributed by atoms with Crippen molar-refractivity contribution < 1.29 is 14.4 Å². The molecule has 0 heterocycles. The van der Waals surface area contributed by atoms with Crippen molar-refractivity contribution in [2.24, 2.45) is 16.3 Å². The molecule has 4 nitrogen and oxygen atoms in total. The fourth-order valence-corrected chi connectivity index (χ4v) is 4.66. The predicted molar refractivity (Wildman–Crippen MR) is 152 cm³/mol. The van der Waals surface area contributed by atoms with Gasteiger partial charge in [-0.25, -0.2) is 0 Å². The monoisotopic (exact) mass is 495 g/mol. The van der Waals surface area contributed by atoms with Gasteiger partial charge in [-0.15, -0.1) is 0 Å². The van der Waals surface area contributed by atoms with Crippen LogP contribution < -0.4 is 0 Å². The molecule has 0 aromatic heterocycles. The van der Waals surface area contributed by atoms with Crippen LogP contribution in [0.15, 0.2) is 48.0 Å². The molecule has 1 unspecified atom stereocenters. The lowest BCUT2D eigenvalue weighted by molar-refractivity contribution is -0.131. The minimum absolute atomic E-state index is 0.106. The topological polar surface area (TPSA) is 63.6 Å². The Morgan fingerprint density at radius 1 is 1.08 bits per heavy atom. The summed E-state index contributed by atoms with van der Waals surface area (Å²) in [7, 11) is 0. The van der Waals surface area contributed by atoms with E-state index in [-0.39, 0.29) is 17.0 Å². The van der Waals surface area contributed by atoms with Gasteiger partial charge in [0.15, 0.2) is 5.78 Å². The van der Waals surface area contributed by atoms with Gasteiger partial charge in [-0.2, -0.15) is 0 Å². The number of Topliss-reactive ketones (excluding diaryl/α,β-unsaturated/α-hetero) is 2. The van der Waals surface area contributed by atoms with Gasteiger partial charge < -0.3 is 0 Å². The van der Waals surface area contributed by atoms with E-state index in [2.05, 4.69) is 50.8 Å². The van der Waals surface area contributed by atoms with E-state index in [9.17, 15) is 14.4 Å². The maximum atomic E-state index is 11.7. The summed E-state index contributed by atoms with van der Waals surface area (Å²) in [6.45, 7) is 13.5. The average molecular weight is 496 g/mol. The largest absolute Gasteiger partial charge is 0.300 e. The molecule has 0 bridgehead atoms. The molecule has 0 saturated heterocycles. The molecule has 2 fully saturated rings. The molecule has 3 rings (SSSR count). The van der Waals surface area contributed by atoms with Crippen molar-refractivity contribution in [2.45, 2.75) is 118 Å². The second-order valence-corrected chi connectivity index (χ2v) is 10.5. The maximum Gasteiger partial charge on any atom is 0.154 e. The Morgan fingerprint density at radius 2 is 1.75 bits per heavy atom. The number of carbonyl (C=O) groups is 3. The number of nitrogens with zero attached hydrogens (tertiary/aromatic N) is 1. The Morgan fingerprint density at radius 3 is 2.28 bits per heavy atom. The molecule has 0 radical (unpaired) electrons. The van der Waals surface area contributed by atoms with Gasteiger partial charge >= 0.3 is 0 Å². The lowest BCUT2D eigenvalue weighted by Crippen LogP contribution is -2.31. The van der Waals surface area contributed by atoms with E-state index < -0.39 is 0 Å². The zero-order chi connectivity index (χ0) is 27.0. The molecule has 0 spiro atoms. The first-order valence-corrected chi connectivity index (χ1v) is 14.0. The molecular formula is C32H49NO3. The Kier molecular flexibility index (Phi) is 15.1. The smallest absolute Gasteiger partial charge is 0.154 e. The third kappa shape index (κ3) is 11.6. The highest BCUT2D eigenvalue weighted by Crippen LogP contribution is 2.37. The van der Waals surface area contributed by atoms with Gasteiger partial charge in [-0.1, -0.05) is 77.4 Å². The van der Waals surface area contributed by atoms with Crippen molar-refractivity contribution in [1.29, 1.82) is 0 Å². The molecule has 2 saturated carbocycles. The van der Waals surface area contributed by atoms with Gasteiger partial charge in [-0.05, 0) is 63.0 Å². The normalized spacial score (nSPS) is 23.4. The van der Waals surface area contributed by atoms with Crippen LogP contribution in [0.4, 0.5) is 0 Å². The number of aliphatic imine (C=N–C) groups is 1. The molecular weight excluding hydrogens is 446 g/mol. The highest BCUT2D eigenvalue weighted by molar-refractivity contribution is 5.88. The first-order chi connectivity index (χ1) is 17.2. The van der Waals surface area contributed by atoms with E-state index in [4.69, 9.17) is 4.99 Å². The number of benzene rings is 1. The van der Waals surface area contributed by atoms with Crippen LogP contribution in [0.3, 0.4) is 0 Å². The molecule has 36 heavy (non-hydrogen) atoms. The van der Waals surface area contributed by atoms with Crippen LogP contribution in [0.25, 0.3) is 0 Å². The Bertz CT molecular complexity index is 857. The maximum absolute atomic E-state index is 11.7. The highest BCUT2D eigenvalue weighted by Gasteiger charge is 2.34. The number of rotatable bonds is 8. The van der Waals surface area contributed by atoms with Crippen LogP contribution in [0.5, 0.6) is 0 Å². The van der Waals surface area contributed by atoms with E-state index in [1.807, 2.05) is 20.8 Å². The second kappa shape index (κ2) is 17.2. The van der Waals surface area contributed by atoms with Crippen LogP contribution in [0.2, 0.25) is 0 Å². The average Bonchev–Trinajstić information content (AvgIpc) is 2.91. The standard InChI is InChI=1S/C15H21N.C12H20O2.C5H8O/c1-12-8-6-7-11-15(12)16-13(2)14-9-4-3-5-10-14;1-3-10(13)7-9-12(2)8-5-4-6-11(12)14;1-3-5(6)4-2/h3-5,9-10,12-13H,6-8,11H2,1-2H3;3-9H2,1-2H3;3H,1,4H2,2H3/t12?,13-;12-;/m10./s1. The molecule has 0 N–H and O–H groups in total.